The lowest BCUT2D eigenvalue weighted by atomic mass is 10.2. The molecular weight excluding hydrogens is 280 g/mol. The molecule has 2 unspecified atom stereocenters. The number of aliphatic imine (C=N–C) groups is 1. The standard InChI is InChI=1S/C16H24N4O2/c1-11-9-14(11)20-16(17-2)19-8-7-18-15(21)12-5-4-6-13(10-12)22-3/h4-6,10-11,14H,7-9H2,1-3H3,(H,18,21)(H2,17,19,20). The van der Waals surface area contributed by atoms with E-state index in [2.05, 4.69) is 27.9 Å². The number of ether oxygens (including phenoxy) is 1. The van der Waals surface area contributed by atoms with E-state index in [1.54, 1.807) is 32.4 Å². The van der Waals surface area contributed by atoms with E-state index in [1.165, 1.54) is 6.42 Å². The maximum atomic E-state index is 12.0. The highest BCUT2D eigenvalue weighted by Crippen LogP contribution is 2.28. The van der Waals surface area contributed by atoms with Gasteiger partial charge in [-0.05, 0) is 30.5 Å². The average Bonchev–Trinajstić information content (AvgIpc) is 3.25. The molecule has 1 amide bonds. The Labute approximate surface area is 131 Å². The summed E-state index contributed by atoms with van der Waals surface area (Å²) in [7, 11) is 3.33. The third-order valence-corrected chi connectivity index (χ3v) is 3.69. The van der Waals surface area contributed by atoms with Crippen molar-refractivity contribution in [2.75, 3.05) is 27.2 Å². The van der Waals surface area contributed by atoms with Crippen molar-refractivity contribution in [1.29, 1.82) is 0 Å². The Morgan fingerprint density at radius 1 is 1.36 bits per heavy atom. The molecule has 1 aromatic carbocycles. The minimum absolute atomic E-state index is 0.112. The summed E-state index contributed by atoms with van der Waals surface area (Å²) in [5, 5.41) is 9.39. The molecular formula is C16H24N4O2. The van der Waals surface area contributed by atoms with Crippen LogP contribution in [0.1, 0.15) is 23.7 Å². The number of carbonyl (C=O) groups is 1. The summed E-state index contributed by atoms with van der Waals surface area (Å²) in [6.45, 7) is 3.35. The number of benzene rings is 1. The van der Waals surface area contributed by atoms with Gasteiger partial charge in [-0.3, -0.25) is 9.79 Å². The predicted octanol–water partition coefficient (Wildman–Crippen LogP) is 0.998. The van der Waals surface area contributed by atoms with Crippen LogP contribution in [-0.2, 0) is 0 Å². The topological polar surface area (TPSA) is 74.8 Å². The van der Waals surface area contributed by atoms with Crippen LogP contribution in [0.5, 0.6) is 5.75 Å². The van der Waals surface area contributed by atoms with Gasteiger partial charge in [-0.25, -0.2) is 0 Å². The van der Waals surface area contributed by atoms with Crippen molar-refractivity contribution < 1.29 is 9.53 Å². The van der Waals surface area contributed by atoms with Gasteiger partial charge in [-0.2, -0.15) is 0 Å². The maximum Gasteiger partial charge on any atom is 0.251 e. The maximum absolute atomic E-state index is 12.0. The van der Waals surface area contributed by atoms with Gasteiger partial charge in [-0.1, -0.05) is 13.0 Å². The molecule has 1 aromatic rings. The summed E-state index contributed by atoms with van der Waals surface area (Å²) in [5.41, 5.74) is 0.591. The Morgan fingerprint density at radius 2 is 2.09 bits per heavy atom. The minimum Gasteiger partial charge on any atom is -0.497 e. The molecule has 0 aromatic heterocycles. The van der Waals surface area contributed by atoms with E-state index in [1.807, 2.05) is 6.07 Å². The van der Waals surface area contributed by atoms with Gasteiger partial charge in [0, 0.05) is 31.7 Å². The third-order valence-electron chi connectivity index (χ3n) is 3.69. The van der Waals surface area contributed by atoms with Crippen LogP contribution >= 0.6 is 0 Å². The van der Waals surface area contributed by atoms with E-state index in [0.717, 1.165) is 5.96 Å². The SMILES string of the molecule is CN=C(NCCNC(=O)c1cccc(OC)c1)NC1CC1C. The number of hydrogen-bond donors (Lipinski definition) is 3. The molecule has 2 rings (SSSR count). The van der Waals surface area contributed by atoms with Gasteiger partial charge in [0.05, 0.1) is 7.11 Å². The molecule has 2 atom stereocenters. The van der Waals surface area contributed by atoms with Crippen LogP contribution in [0.3, 0.4) is 0 Å². The second kappa shape index (κ2) is 7.68. The summed E-state index contributed by atoms with van der Waals surface area (Å²) >= 11 is 0. The van der Waals surface area contributed by atoms with E-state index in [4.69, 9.17) is 4.74 Å². The van der Waals surface area contributed by atoms with E-state index in [9.17, 15) is 4.79 Å². The number of methoxy groups -OCH3 is 1. The summed E-state index contributed by atoms with van der Waals surface area (Å²) in [5.74, 6) is 2.06. The van der Waals surface area contributed by atoms with Gasteiger partial charge in [0.25, 0.3) is 5.91 Å². The second-order valence-electron chi connectivity index (χ2n) is 5.45. The van der Waals surface area contributed by atoms with Crippen LogP contribution in [0.15, 0.2) is 29.3 Å². The molecule has 0 radical (unpaired) electrons. The van der Waals surface area contributed by atoms with Crippen molar-refractivity contribution in [3.8, 4) is 5.75 Å². The van der Waals surface area contributed by atoms with E-state index in [-0.39, 0.29) is 5.91 Å². The summed E-state index contributed by atoms with van der Waals surface area (Å²) < 4.78 is 5.11. The van der Waals surface area contributed by atoms with E-state index >= 15 is 0 Å². The van der Waals surface area contributed by atoms with Crippen LogP contribution in [0, 0.1) is 5.92 Å². The number of rotatable bonds is 6. The van der Waals surface area contributed by atoms with Crippen molar-refractivity contribution in [2.45, 2.75) is 19.4 Å². The van der Waals surface area contributed by atoms with Crippen LogP contribution in [-0.4, -0.2) is 45.2 Å². The molecule has 0 spiro atoms. The first-order chi connectivity index (χ1) is 10.6. The highest BCUT2D eigenvalue weighted by atomic mass is 16.5. The monoisotopic (exact) mass is 304 g/mol. The van der Waals surface area contributed by atoms with E-state index in [0.29, 0.717) is 36.4 Å². The Morgan fingerprint density at radius 3 is 2.73 bits per heavy atom. The lowest BCUT2D eigenvalue weighted by Gasteiger charge is -2.12. The first-order valence-electron chi connectivity index (χ1n) is 7.53. The van der Waals surface area contributed by atoms with Gasteiger partial charge >= 0.3 is 0 Å². The first kappa shape index (κ1) is 16.1. The molecule has 3 N–H and O–H groups in total. The highest BCUT2D eigenvalue weighted by Gasteiger charge is 2.33. The molecule has 0 aliphatic heterocycles. The molecule has 120 valence electrons. The normalized spacial score (nSPS) is 20.2. The highest BCUT2D eigenvalue weighted by molar-refractivity contribution is 5.94. The fraction of sp³-hybridized carbons (Fsp3) is 0.500. The lowest BCUT2D eigenvalue weighted by Crippen LogP contribution is -2.42. The van der Waals surface area contributed by atoms with Crippen molar-refractivity contribution in [3.05, 3.63) is 29.8 Å². The quantitative estimate of drug-likeness (QED) is 0.416. The minimum atomic E-state index is -0.112. The largest absolute Gasteiger partial charge is 0.497 e. The molecule has 6 nitrogen and oxygen atoms in total. The fourth-order valence-corrected chi connectivity index (χ4v) is 2.12. The molecule has 0 bridgehead atoms. The lowest BCUT2D eigenvalue weighted by molar-refractivity contribution is 0.0954. The zero-order valence-corrected chi connectivity index (χ0v) is 13.3. The molecule has 22 heavy (non-hydrogen) atoms. The van der Waals surface area contributed by atoms with Crippen LogP contribution in [0.2, 0.25) is 0 Å². The van der Waals surface area contributed by atoms with Gasteiger partial charge in [0.1, 0.15) is 5.75 Å². The molecule has 6 heteroatoms. The molecule has 0 heterocycles. The third kappa shape index (κ3) is 4.65. The van der Waals surface area contributed by atoms with Crippen LogP contribution < -0.4 is 20.7 Å². The molecule has 1 aliphatic carbocycles. The average molecular weight is 304 g/mol. The number of nitrogens with zero attached hydrogens (tertiary/aromatic N) is 1. The van der Waals surface area contributed by atoms with E-state index < -0.39 is 0 Å². The molecule has 1 aliphatic rings. The van der Waals surface area contributed by atoms with Gasteiger partial charge in [0.15, 0.2) is 5.96 Å². The number of guanidine groups is 1. The van der Waals surface area contributed by atoms with Gasteiger partial charge < -0.3 is 20.7 Å². The van der Waals surface area contributed by atoms with Crippen LogP contribution in [0.4, 0.5) is 0 Å². The number of hydrogen-bond acceptors (Lipinski definition) is 3. The smallest absolute Gasteiger partial charge is 0.251 e. The van der Waals surface area contributed by atoms with Crippen molar-refractivity contribution >= 4 is 11.9 Å². The Kier molecular flexibility index (Phi) is 5.63. The van der Waals surface area contributed by atoms with Gasteiger partial charge in [-0.15, -0.1) is 0 Å². The zero-order valence-electron chi connectivity index (χ0n) is 13.3. The zero-order chi connectivity index (χ0) is 15.9. The fourth-order valence-electron chi connectivity index (χ4n) is 2.12. The number of carbonyl (C=O) groups excluding carboxylic acids is 1. The molecule has 1 saturated carbocycles. The summed E-state index contributed by atoms with van der Waals surface area (Å²) in [6, 6.07) is 7.62. The Bertz CT molecular complexity index is 545. The van der Waals surface area contributed by atoms with Crippen molar-refractivity contribution in [2.24, 2.45) is 10.9 Å². The Balaban J connectivity index is 1.70. The summed E-state index contributed by atoms with van der Waals surface area (Å²) in [4.78, 5) is 16.2. The van der Waals surface area contributed by atoms with Crippen LogP contribution in [0.25, 0.3) is 0 Å². The Hall–Kier alpha value is -2.24. The van der Waals surface area contributed by atoms with Crippen molar-refractivity contribution in [3.63, 3.8) is 0 Å². The number of nitrogens with one attached hydrogen (secondary N) is 3. The second-order valence-corrected chi connectivity index (χ2v) is 5.45. The molecule has 0 saturated heterocycles. The molecule has 1 fully saturated rings. The summed E-state index contributed by atoms with van der Waals surface area (Å²) in [6.07, 6.45) is 1.19. The predicted molar refractivity (Wildman–Crippen MR) is 87.4 cm³/mol. The van der Waals surface area contributed by atoms with Crippen molar-refractivity contribution in [1.82, 2.24) is 16.0 Å². The van der Waals surface area contributed by atoms with Gasteiger partial charge in [0.2, 0.25) is 0 Å². The first-order valence-corrected chi connectivity index (χ1v) is 7.53. The number of amides is 1.